The Hall–Kier alpha value is -1.89. The molecule has 0 radical (unpaired) electrons. The first kappa shape index (κ1) is 15.5. The minimum Gasteiger partial charge on any atom is -0.328 e. The average Bonchev–Trinajstić information content (AvgIpc) is 2.86. The lowest BCUT2D eigenvalue weighted by Gasteiger charge is -2.29. The third kappa shape index (κ3) is 3.60. The van der Waals surface area contributed by atoms with Crippen molar-refractivity contribution >= 4 is 17.0 Å². The Kier molecular flexibility index (Phi) is 4.95. The molecule has 0 aliphatic rings. The molecule has 0 N–H and O–H groups in total. The van der Waals surface area contributed by atoms with Gasteiger partial charge < -0.3 is 4.90 Å². The van der Waals surface area contributed by atoms with Crippen LogP contribution in [0.2, 0.25) is 0 Å². The van der Waals surface area contributed by atoms with Gasteiger partial charge in [-0.2, -0.15) is 4.68 Å². The second-order valence-electron chi connectivity index (χ2n) is 5.17. The Morgan fingerprint density at radius 3 is 2.33 bits per heavy atom. The average molecular weight is 305 g/mol. The van der Waals surface area contributed by atoms with Crippen LogP contribution < -0.4 is 0 Å². The minimum absolute atomic E-state index is 0.0491. The first-order chi connectivity index (χ1) is 10.0. The predicted octanol–water partition coefficient (Wildman–Crippen LogP) is 2.99. The van der Waals surface area contributed by atoms with Gasteiger partial charge in [-0.3, -0.25) is 4.79 Å². The van der Waals surface area contributed by atoms with Gasteiger partial charge in [-0.1, -0.05) is 18.2 Å². The summed E-state index contributed by atoms with van der Waals surface area (Å²) >= 11 is 1.05. The molecule has 2 aromatic rings. The first-order valence-corrected chi connectivity index (χ1v) is 7.66. The quantitative estimate of drug-likeness (QED) is 0.813. The Morgan fingerprint density at radius 1 is 1.14 bits per heavy atom. The summed E-state index contributed by atoms with van der Waals surface area (Å²) in [7, 11) is 0. The van der Waals surface area contributed by atoms with Crippen LogP contribution in [0.25, 0.3) is 5.69 Å². The van der Waals surface area contributed by atoms with Crippen molar-refractivity contribution in [3.63, 3.8) is 0 Å². The van der Waals surface area contributed by atoms with Crippen LogP contribution in [-0.2, 0) is 0 Å². The largest absolute Gasteiger partial charge is 0.328 e. The molecular formula is C14H19N5OS. The van der Waals surface area contributed by atoms with Crippen molar-refractivity contribution in [2.75, 3.05) is 0 Å². The van der Waals surface area contributed by atoms with E-state index in [9.17, 15) is 4.79 Å². The summed E-state index contributed by atoms with van der Waals surface area (Å²) in [5.74, 6) is 0. The van der Waals surface area contributed by atoms with Gasteiger partial charge in [-0.15, -0.1) is 5.10 Å². The molecule has 112 valence electrons. The van der Waals surface area contributed by atoms with Crippen LogP contribution in [0, 0.1) is 0 Å². The molecule has 0 aliphatic heterocycles. The van der Waals surface area contributed by atoms with Gasteiger partial charge in [0.05, 0.1) is 5.69 Å². The fourth-order valence-corrected chi connectivity index (χ4v) is 3.11. The van der Waals surface area contributed by atoms with Crippen molar-refractivity contribution in [1.29, 1.82) is 0 Å². The summed E-state index contributed by atoms with van der Waals surface area (Å²) in [5, 5.41) is 12.0. The van der Waals surface area contributed by atoms with Crippen molar-refractivity contribution in [3.05, 3.63) is 30.3 Å². The number of hydrogen-bond acceptors (Lipinski definition) is 5. The summed E-state index contributed by atoms with van der Waals surface area (Å²) in [6, 6.07) is 9.78. The van der Waals surface area contributed by atoms with E-state index in [0.29, 0.717) is 5.16 Å². The SMILES string of the molecule is CC(C)N(C(=O)Sc1nnnn1-c1ccccc1)C(C)C. The molecule has 0 aliphatic carbocycles. The standard InChI is InChI=1S/C14H19N5OS/c1-10(2)18(11(3)4)14(20)21-13-15-16-17-19(13)12-8-6-5-7-9-12/h5-11H,1-4H3. The summed E-state index contributed by atoms with van der Waals surface area (Å²) in [6.07, 6.45) is 0. The van der Waals surface area contributed by atoms with Crippen molar-refractivity contribution < 1.29 is 4.79 Å². The van der Waals surface area contributed by atoms with Crippen LogP contribution in [0.3, 0.4) is 0 Å². The molecule has 0 saturated carbocycles. The van der Waals surface area contributed by atoms with E-state index in [1.165, 1.54) is 0 Å². The third-order valence-electron chi connectivity index (χ3n) is 2.94. The summed E-state index contributed by atoms with van der Waals surface area (Å²) in [4.78, 5) is 14.3. The van der Waals surface area contributed by atoms with E-state index in [4.69, 9.17) is 0 Å². The molecule has 0 unspecified atom stereocenters. The van der Waals surface area contributed by atoms with Crippen LogP contribution in [-0.4, -0.2) is 42.4 Å². The lowest BCUT2D eigenvalue weighted by Crippen LogP contribution is -2.39. The molecule has 1 amide bonds. The number of benzene rings is 1. The highest BCUT2D eigenvalue weighted by atomic mass is 32.2. The van der Waals surface area contributed by atoms with Crippen LogP contribution >= 0.6 is 11.8 Å². The van der Waals surface area contributed by atoms with E-state index in [-0.39, 0.29) is 17.3 Å². The van der Waals surface area contributed by atoms with Crippen molar-refractivity contribution in [3.8, 4) is 5.69 Å². The minimum atomic E-state index is -0.0491. The van der Waals surface area contributed by atoms with E-state index in [2.05, 4.69) is 15.5 Å². The first-order valence-electron chi connectivity index (χ1n) is 6.84. The highest BCUT2D eigenvalue weighted by molar-refractivity contribution is 8.13. The predicted molar refractivity (Wildman–Crippen MR) is 82.5 cm³/mol. The Balaban J connectivity index is 2.21. The van der Waals surface area contributed by atoms with E-state index in [1.807, 2.05) is 62.9 Å². The van der Waals surface area contributed by atoms with E-state index < -0.39 is 0 Å². The highest BCUT2D eigenvalue weighted by Gasteiger charge is 2.23. The molecule has 7 heteroatoms. The number of tetrazole rings is 1. The van der Waals surface area contributed by atoms with Gasteiger partial charge in [0.15, 0.2) is 0 Å². The van der Waals surface area contributed by atoms with E-state index >= 15 is 0 Å². The maximum absolute atomic E-state index is 12.5. The lowest BCUT2D eigenvalue weighted by molar-refractivity contribution is 0.190. The molecule has 6 nitrogen and oxygen atoms in total. The van der Waals surface area contributed by atoms with Gasteiger partial charge in [-0.25, -0.2) is 0 Å². The van der Waals surface area contributed by atoms with Gasteiger partial charge in [0.25, 0.3) is 5.24 Å². The summed E-state index contributed by atoms with van der Waals surface area (Å²) < 4.78 is 1.57. The summed E-state index contributed by atoms with van der Waals surface area (Å²) in [6.45, 7) is 7.99. The number of para-hydroxylation sites is 1. The fourth-order valence-electron chi connectivity index (χ4n) is 2.12. The number of thioether (sulfide) groups is 1. The molecule has 0 saturated heterocycles. The maximum Gasteiger partial charge on any atom is 0.289 e. The van der Waals surface area contributed by atoms with Gasteiger partial charge in [0.1, 0.15) is 0 Å². The molecule has 1 aromatic heterocycles. The topological polar surface area (TPSA) is 63.9 Å². The zero-order valence-electron chi connectivity index (χ0n) is 12.6. The van der Waals surface area contributed by atoms with E-state index in [1.54, 1.807) is 4.68 Å². The third-order valence-corrected chi connectivity index (χ3v) is 3.77. The fraction of sp³-hybridized carbons (Fsp3) is 0.429. The molecule has 1 aromatic carbocycles. The van der Waals surface area contributed by atoms with Gasteiger partial charge in [0, 0.05) is 23.8 Å². The molecule has 0 fully saturated rings. The molecular weight excluding hydrogens is 286 g/mol. The highest BCUT2D eigenvalue weighted by Crippen LogP contribution is 2.23. The molecule has 2 rings (SSSR count). The molecule has 0 atom stereocenters. The number of hydrogen-bond donors (Lipinski definition) is 0. The van der Waals surface area contributed by atoms with Crippen LogP contribution in [0.15, 0.2) is 35.5 Å². The zero-order chi connectivity index (χ0) is 15.4. The number of aromatic nitrogens is 4. The van der Waals surface area contributed by atoms with E-state index in [0.717, 1.165) is 17.4 Å². The summed E-state index contributed by atoms with van der Waals surface area (Å²) in [5.41, 5.74) is 0.832. The number of rotatable bonds is 4. The Bertz CT molecular complexity index is 588. The Labute approximate surface area is 128 Å². The van der Waals surface area contributed by atoms with Crippen molar-refractivity contribution in [2.24, 2.45) is 0 Å². The molecule has 0 spiro atoms. The van der Waals surface area contributed by atoms with Crippen LogP contribution in [0.1, 0.15) is 27.7 Å². The van der Waals surface area contributed by atoms with Crippen LogP contribution in [0.4, 0.5) is 4.79 Å². The molecule has 21 heavy (non-hydrogen) atoms. The lowest BCUT2D eigenvalue weighted by atomic mass is 10.2. The number of amides is 1. The van der Waals surface area contributed by atoms with Gasteiger partial charge in [-0.05, 0) is 50.3 Å². The second-order valence-corrected chi connectivity index (χ2v) is 6.09. The monoisotopic (exact) mass is 305 g/mol. The van der Waals surface area contributed by atoms with Crippen LogP contribution in [0.5, 0.6) is 0 Å². The molecule has 1 heterocycles. The zero-order valence-corrected chi connectivity index (χ0v) is 13.4. The van der Waals surface area contributed by atoms with Gasteiger partial charge >= 0.3 is 0 Å². The second kappa shape index (κ2) is 6.71. The smallest absolute Gasteiger partial charge is 0.289 e. The van der Waals surface area contributed by atoms with Crippen molar-refractivity contribution in [1.82, 2.24) is 25.1 Å². The number of carbonyl (C=O) groups excluding carboxylic acids is 1. The normalized spacial score (nSPS) is 11.1. The number of nitrogens with zero attached hydrogens (tertiary/aromatic N) is 5. The molecule has 0 bridgehead atoms. The number of carbonyl (C=O) groups is 1. The maximum atomic E-state index is 12.5. The van der Waals surface area contributed by atoms with Crippen molar-refractivity contribution in [2.45, 2.75) is 44.9 Å². The Morgan fingerprint density at radius 2 is 1.76 bits per heavy atom. The van der Waals surface area contributed by atoms with Gasteiger partial charge in [0.2, 0.25) is 5.16 Å².